The first-order chi connectivity index (χ1) is 7.20. The molecule has 0 aliphatic carbocycles. The van der Waals surface area contributed by atoms with Gasteiger partial charge in [0.25, 0.3) is 5.70 Å². The summed E-state index contributed by atoms with van der Waals surface area (Å²) in [6.07, 6.45) is 5.40. The summed E-state index contributed by atoms with van der Waals surface area (Å²) in [7, 11) is 0. The highest BCUT2D eigenvalue weighted by molar-refractivity contribution is 5.79. The van der Waals surface area contributed by atoms with Gasteiger partial charge >= 0.3 is 0 Å². The number of carbonyl (C=O) groups excluding carboxylic acids is 1. The normalized spacial score (nSPS) is 26.7. The summed E-state index contributed by atoms with van der Waals surface area (Å²) >= 11 is 0. The number of rotatable bonds is 1. The van der Waals surface area contributed by atoms with Gasteiger partial charge in [0.15, 0.2) is 0 Å². The van der Waals surface area contributed by atoms with Crippen molar-refractivity contribution < 1.29 is 9.72 Å². The molecule has 2 aliphatic heterocycles. The lowest BCUT2D eigenvalue weighted by Gasteiger charge is -2.30. The predicted molar refractivity (Wildman–Crippen MR) is 53.7 cm³/mol. The Morgan fingerprint density at radius 1 is 1.40 bits per heavy atom. The molecule has 15 heavy (non-hydrogen) atoms. The average molecular weight is 210 g/mol. The number of fused-ring (bicyclic) bond motifs is 1. The highest BCUT2D eigenvalue weighted by Gasteiger charge is 2.37. The Morgan fingerprint density at radius 2 is 2.20 bits per heavy atom. The molecule has 1 saturated heterocycles. The van der Waals surface area contributed by atoms with E-state index in [2.05, 4.69) is 0 Å². The van der Waals surface area contributed by atoms with E-state index < -0.39 is 0 Å². The zero-order valence-corrected chi connectivity index (χ0v) is 8.52. The van der Waals surface area contributed by atoms with Gasteiger partial charge in [-0.3, -0.25) is 14.9 Å². The smallest absolute Gasteiger partial charge is 0.265 e. The van der Waals surface area contributed by atoms with Crippen LogP contribution in [0.4, 0.5) is 0 Å². The minimum Gasteiger partial charge on any atom is -0.329 e. The highest BCUT2D eigenvalue weighted by atomic mass is 16.6. The minimum atomic E-state index is -0.338. The van der Waals surface area contributed by atoms with Gasteiger partial charge in [-0.2, -0.15) is 0 Å². The van der Waals surface area contributed by atoms with E-state index >= 15 is 0 Å². The fourth-order valence-corrected chi connectivity index (χ4v) is 2.36. The van der Waals surface area contributed by atoms with Crippen molar-refractivity contribution in [3.8, 4) is 0 Å². The third-order valence-electron chi connectivity index (χ3n) is 3.11. The van der Waals surface area contributed by atoms with E-state index in [1.807, 2.05) is 0 Å². The maximum atomic E-state index is 11.6. The van der Waals surface area contributed by atoms with E-state index in [9.17, 15) is 14.9 Å². The Balaban J connectivity index is 2.27. The molecule has 2 rings (SSSR count). The van der Waals surface area contributed by atoms with Gasteiger partial charge in [-0.25, -0.2) is 0 Å². The maximum Gasteiger partial charge on any atom is 0.265 e. The van der Waals surface area contributed by atoms with Crippen LogP contribution >= 0.6 is 0 Å². The Kier molecular flexibility index (Phi) is 2.70. The van der Waals surface area contributed by atoms with Gasteiger partial charge in [-0.05, 0) is 12.8 Å². The Hall–Kier alpha value is -1.39. The van der Waals surface area contributed by atoms with Crippen molar-refractivity contribution in [2.45, 2.75) is 38.1 Å². The molecule has 1 amide bonds. The van der Waals surface area contributed by atoms with Crippen LogP contribution in [0.15, 0.2) is 11.8 Å². The molecule has 1 unspecified atom stereocenters. The lowest BCUT2D eigenvalue weighted by molar-refractivity contribution is -0.433. The molecule has 0 aromatic carbocycles. The zero-order valence-electron chi connectivity index (χ0n) is 8.52. The number of hydrogen-bond donors (Lipinski definition) is 0. The first-order valence-corrected chi connectivity index (χ1v) is 5.34. The molecule has 1 fully saturated rings. The van der Waals surface area contributed by atoms with Crippen LogP contribution in [0.3, 0.4) is 0 Å². The van der Waals surface area contributed by atoms with Crippen molar-refractivity contribution in [1.29, 1.82) is 0 Å². The van der Waals surface area contributed by atoms with Crippen LogP contribution in [-0.4, -0.2) is 28.3 Å². The lowest BCUT2D eigenvalue weighted by atomic mass is 10.0. The van der Waals surface area contributed by atoms with Gasteiger partial charge < -0.3 is 4.90 Å². The van der Waals surface area contributed by atoms with E-state index in [0.717, 1.165) is 25.7 Å². The summed E-state index contributed by atoms with van der Waals surface area (Å²) in [6, 6.07) is -0.274. The lowest BCUT2D eigenvalue weighted by Crippen LogP contribution is -2.45. The van der Waals surface area contributed by atoms with Gasteiger partial charge in [0, 0.05) is 12.6 Å². The molecule has 82 valence electrons. The van der Waals surface area contributed by atoms with Crippen molar-refractivity contribution in [3.05, 3.63) is 21.9 Å². The molecule has 0 bridgehead atoms. The van der Waals surface area contributed by atoms with Crippen molar-refractivity contribution >= 4 is 5.91 Å². The number of carbonyl (C=O) groups is 1. The van der Waals surface area contributed by atoms with E-state index in [-0.39, 0.29) is 29.0 Å². The molecule has 0 aromatic heterocycles. The molecule has 0 aromatic rings. The Bertz CT molecular complexity index is 325. The largest absolute Gasteiger partial charge is 0.329 e. The minimum absolute atomic E-state index is 0.0347. The van der Waals surface area contributed by atoms with Gasteiger partial charge in [-0.15, -0.1) is 0 Å². The number of hydrogen-bond acceptors (Lipinski definition) is 3. The molecule has 0 radical (unpaired) electrons. The molecular formula is C10H14N2O3. The van der Waals surface area contributed by atoms with Crippen molar-refractivity contribution in [2.75, 3.05) is 6.54 Å². The van der Waals surface area contributed by atoms with Crippen LogP contribution in [-0.2, 0) is 4.79 Å². The molecule has 5 heteroatoms. The second-order valence-corrected chi connectivity index (χ2v) is 4.04. The second-order valence-electron chi connectivity index (χ2n) is 4.04. The monoisotopic (exact) mass is 210 g/mol. The van der Waals surface area contributed by atoms with E-state index in [0.29, 0.717) is 6.54 Å². The summed E-state index contributed by atoms with van der Waals surface area (Å²) in [5.41, 5.74) is 0.219. The van der Waals surface area contributed by atoms with Gasteiger partial charge in [-0.1, -0.05) is 12.8 Å². The SMILES string of the molecule is O=C1CC=C([N+](=O)[O-])C2CCCCCN12. The summed E-state index contributed by atoms with van der Waals surface area (Å²) in [6.45, 7) is 0.675. The third kappa shape index (κ3) is 1.86. The topological polar surface area (TPSA) is 63.4 Å². The van der Waals surface area contributed by atoms with Crippen molar-refractivity contribution in [1.82, 2.24) is 4.90 Å². The first-order valence-electron chi connectivity index (χ1n) is 5.34. The Labute approximate surface area is 87.9 Å². The zero-order chi connectivity index (χ0) is 10.8. The summed E-state index contributed by atoms with van der Waals surface area (Å²) in [4.78, 5) is 23.8. The van der Waals surface area contributed by atoms with Crippen LogP contribution in [0.5, 0.6) is 0 Å². The molecule has 2 aliphatic rings. The van der Waals surface area contributed by atoms with E-state index in [1.54, 1.807) is 4.90 Å². The molecule has 1 atom stereocenters. The molecule has 0 spiro atoms. The van der Waals surface area contributed by atoms with E-state index in [4.69, 9.17) is 0 Å². The van der Waals surface area contributed by atoms with Crippen LogP contribution < -0.4 is 0 Å². The molecular weight excluding hydrogens is 196 g/mol. The summed E-state index contributed by atoms with van der Waals surface area (Å²) in [5.74, 6) is 0.0347. The highest BCUT2D eigenvalue weighted by Crippen LogP contribution is 2.27. The first kappa shape index (κ1) is 10.1. The molecule has 0 N–H and O–H groups in total. The fraction of sp³-hybridized carbons (Fsp3) is 0.700. The summed E-state index contributed by atoms with van der Waals surface area (Å²) in [5, 5.41) is 10.8. The maximum absolute atomic E-state index is 11.6. The third-order valence-corrected chi connectivity index (χ3v) is 3.11. The number of amides is 1. The van der Waals surface area contributed by atoms with E-state index in [1.165, 1.54) is 6.08 Å². The van der Waals surface area contributed by atoms with Gasteiger partial charge in [0.05, 0.1) is 11.3 Å². The molecule has 0 saturated carbocycles. The molecule has 2 heterocycles. The fourth-order valence-electron chi connectivity index (χ4n) is 2.36. The predicted octanol–water partition coefficient (Wildman–Crippen LogP) is 1.32. The summed E-state index contributed by atoms with van der Waals surface area (Å²) < 4.78 is 0. The standard InChI is InChI=1S/C10H14N2O3/c13-10-6-5-9(12(14)15)8-4-2-1-3-7-11(8)10/h5,8H,1-4,6-7H2. The van der Waals surface area contributed by atoms with Crippen LogP contribution in [0.1, 0.15) is 32.1 Å². The second kappa shape index (κ2) is 4.00. The average Bonchev–Trinajstić information content (AvgIpc) is 2.43. The van der Waals surface area contributed by atoms with Crippen molar-refractivity contribution in [3.63, 3.8) is 0 Å². The quantitative estimate of drug-likeness (QED) is 0.484. The number of nitrogens with zero attached hydrogens (tertiary/aromatic N) is 2. The van der Waals surface area contributed by atoms with Crippen LogP contribution in [0.2, 0.25) is 0 Å². The Morgan fingerprint density at radius 3 is 2.93 bits per heavy atom. The van der Waals surface area contributed by atoms with Crippen LogP contribution in [0, 0.1) is 10.1 Å². The van der Waals surface area contributed by atoms with Crippen molar-refractivity contribution in [2.24, 2.45) is 0 Å². The number of nitro groups is 1. The van der Waals surface area contributed by atoms with Gasteiger partial charge in [0.2, 0.25) is 5.91 Å². The van der Waals surface area contributed by atoms with Crippen LogP contribution in [0.25, 0.3) is 0 Å². The van der Waals surface area contributed by atoms with Gasteiger partial charge in [0.1, 0.15) is 6.04 Å². The molecule has 5 nitrogen and oxygen atoms in total.